The first kappa shape index (κ1) is 52.1. The molecule has 6 heteroatoms. The predicted molar refractivity (Wildman–Crippen MR) is 232 cm³/mol. The number of aliphatic hydroxyl groups excluding tert-OH is 2. The maximum Gasteiger partial charge on any atom is 0.305 e. The Kier molecular flexibility index (Phi) is 42.2. The van der Waals surface area contributed by atoms with Gasteiger partial charge in [0.1, 0.15) is 0 Å². The van der Waals surface area contributed by atoms with Crippen molar-refractivity contribution >= 4 is 11.9 Å². The molecule has 0 aliphatic rings. The van der Waals surface area contributed by atoms with Gasteiger partial charge in [0.25, 0.3) is 0 Å². The van der Waals surface area contributed by atoms with Crippen LogP contribution in [0.15, 0.2) is 36.5 Å². The number of ether oxygens (including phenoxy) is 1. The fourth-order valence-electron chi connectivity index (χ4n) is 6.80. The summed E-state index contributed by atoms with van der Waals surface area (Å²) in [6.45, 7) is 4.78. The Morgan fingerprint density at radius 1 is 0.519 bits per heavy atom. The summed E-state index contributed by atoms with van der Waals surface area (Å²) < 4.78 is 5.41. The van der Waals surface area contributed by atoms with Crippen LogP contribution in [-0.4, -0.2) is 47.4 Å². The second-order valence-corrected chi connectivity index (χ2v) is 15.7. The third-order valence-electron chi connectivity index (χ3n) is 10.4. The van der Waals surface area contributed by atoms with Crippen molar-refractivity contribution in [2.75, 3.05) is 13.2 Å². The van der Waals surface area contributed by atoms with E-state index in [4.69, 9.17) is 4.74 Å². The minimum atomic E-state index is -0.696. The van der Waals surface area contributed by atoms with Crippen LogP contribution in [0, 0.1) is 0 Å². The molecule has 6 nitrogen and oxygen atoms in total. The van der Waals surface area contributed by atoms with Crippen LogP contribution in [0.25, 0.3) is 0 Å². The van der Waals surface area contributed by atoms with Crippen LogP contribution in [0.4, 0.5) is 0 Å². The monoisotopic (exact) mass is 760 g/mol. The lowest BCUT2D eigenvalue weighted by Gasteiger charge is -2.22. The SMILES string of the molecule is CCC/C=C\C/C=C\CCCCCCCC(=O)OCCCCCC/C=C\CCCC(=O)NC(CO)C(O)CCCCCCCCCCCCCCCCC. The van der Waals surface area contributed by atoms with Gasteiger partial charge in [-0.15, -0.1) is 0 Å². The Bertz CT molecular complexity index is 884. The van der Waals surface area contributed by atoms with Crippen molar-refractivity contribution in [1.29, 1.82) is 0 Å². The quantitative estimate of drug-likeness (QED) is 0.0327. The number of esters is 1. The van der Waals surface area contributed by atoms with Crippen LogP contribution in [0.2, 0.25) is 0 Å². The number of aliphatic hydroxyl groups is 2. The van der Waals surface area contributed by atoms with E-state index in [0.717, 1.165) is 83.5 Å². The number of allylic oxidation sites excluding steroid dienone is 6. The Hall–Kier alpha value is -1.92. The molecule has 0 spiro atoms. The van der Waals surface area contributed by atoms with Crippen molar-refractivity contribution in [3.63, 3.8) is 0 Å². The average molecular weight is 760 g/mol. The smallest absolute Gasteiger partial charge is 0.305 e. The molecule has 0 aromatic carbocycles. The first-order valence-corrected chi connectivity index (χ1v) is 23.2. The van der Waals surface area contributed by atoms with Crippen LogP contribution in [-0.2, 0) is 14.3 Å². The summed E-state index contributed by atoms with van der Waals surface area (Å²) in [7, 11) is 0. The summed E-state index contributed by atoms with van der Waals surface area (Å²) >= 11 is 0. The molecule has 0 radical (unpaired) electrons. The molecule has 0 aliphatic heterocycles. The summed E-state index contributed by atoms with van der Waals surface area (Å²) in [6, 6.07) is -0.580. The van der Waals surface area contributed by atoms with Gasteiger partial charge in [0.15, 0.2) is 0 Å². The molecule has 0 bridgehead atoms. The van der Waals surface area contributed by atoms with Gasteiger partial charge in [0.2, 0.25) is 5.91 Å². The summed E-state index contributed by atoms with van der Waals surface area (Å²) in [5.74, 6) is -0.150. The second kappa shape index (κ2) is 43.8. The number of nitrogens with one attached hydrogen (secondary N) is 1. The fourth-order valence-corrected chi connectivity index (χ4v) is 6.80. The highest BCUT2D eigenvalue weighted by atomic mass is 16.5. The van der Waals surface area contributed by atoms with Crippen LogP contribution in [0.3, 0.4) is 0 Å². The number of rotatable bonds is 42. The predicted octanol–water partition coefficient (Wildman–Crippen LogP) is 13.3. The van der Waals surface area contributed by atoms with Gasteiger partial charge >= 0.3 is 5.97 Å². The van der Waals surface area contributed by atoms with E-state index < -0.39 is 12.1 Å². The van der Waals surface area contributed by atoms with E-state index in [0.29, 0.717) is 25.9 Å². The van der Waals surface area contributed by atoms with E-state index >= 15 is 0 Å². The Labute approximate surface area is 334 Å². The molecule has 0 aromatic heterocycles. The average Bonchev–Trinajstić information content (AvgIpc) is 3.17. The Morgan fingerprint density at radius 3 is 1.54 bits per heavy atom. The van der Waals surface area contributed by atoms with Crippen molar-refractivity contribution in [2.24, 2.45) is 0 Å². The highest BCUT2D eigenvalue weighted by Crippen LogP contribution is 2.15. The van der Waals surface area contributed by atoms with E-state index in [9.17, 15) is 19.8 Å². The normalized spacial score (nSPS) is 13.0. The highest BCUT2D eigenvalue weighted by molar-refractivity contribution is 5.76. The van der Waals surface area contributed by atoms with Gasteiger partial charge in [-0.3, -0.25) is 9.59 Å². The van der Waals surface area contributed by atoms with Crippen molar-refractivity contribution in [2.45, 2.75) is 244 Å². The van der Waals surface area contributed by atoms with Crippen LogP contribution in [0.1, 0.15) is 232 Å². The minimum Gasteiger partial charge on any atom is -0.466 e. The van der Waals surface area contributed by atoms with Crippen LogP contribution >= 0.6 is 0 Å². The van der Waals surface area contributed by atoms with Gasteiger partial charge in [0.05, 0.1) is 25.4 Å². The standard InChI is InChI=1S/C48H89NO5/c1-3-5-7-9-11-13-15-17-18-20-21-24-28-32-36-40-46(51)45(44-50)49-47(52)41-37-33-29-25-23-27-31-35-39-43-54-48(53)42-38-34-30-26-22-19-16-14-12-10-8-6-4-2/h8,10,14,16,25,29,45-46,50-51H,3-7,9,11-13,15,17-24,26-28,30-44H2,1-2H3,(H,49,52)/b10-8-,16-14-,29-25-. The van der Waals surface area contributed by atoms with E-state index in [2.05, 4.69) is 55.6 Å². The zero-order chi connectivity index (χ0) is 39.4. The maximum absolute atomic E-state index is 12.4. The van der Waals surface area contributed by atoms with E-state index in [1.54, 1.807) is 0 Å². The summed E-state index contributed by atoms with van der Waals surface area (Å²) in [4.78, 5) is 24.4. The molecular weight excluding hydrogens is 671 g/mol. The largest absolute Gasteiger partial charge is 0.466 e. The molecular formula is C48H89NO5. The lowest BCUT2D eigenvalue weighted by atomic mass is 10.0. The van der Waals surface area contributed by atoms with Gasteiger partial charge in [-0.2, -0.15) is 0 Å². The molecule has 2 unspecified atom stereocenters. The zero-order valence-corrected chi connectivity index (χ0v) is 35.7. The molecule has 0 fully saturated rings. The number of hydrogen-bond acceptors (Lipinski definition) is 5. The van der Waals surface area contributed by atoms with Gasteiger partial charge < -0.3 is 20.3 Å². The molecule has 0 heterocycles. The topological polar surface area (TPSA) is 95.9 Å². The van der Waals surface area contributed by atoms with Crippen molar-refractivity contribution in [1.82, 2.24) is 5.32 Å². The third-order valence-corrected chi connectivity index (χ3v) is 10.4. The summed E-state index contributed by atoms with van der Waals surface area (Å²) in [6.07, 6.45) is 51.0. The first-order valence-electron chi connectivity index (χ1n) is 23.2. The van der Waals surface area contributed by atoms with Crippen molar-refractivity contribution < 1.29 is 24.5 Å². The molecule has 0 saturated carbocycles. The van der Waals surface area contributed by atoms with E-state index in [-0.39, 0.29) is 18.5 Å². The lowest BCUT2D eigenvalue weighted by molar-refractivity contribution is -0.143. The van der Waals surface area contributed by atoms with Crippen molar-refractivity contribution in [3.8, 4) is 0 Å². The zero-order valence-electron chi connectivity index (χ0n) is 35.7. The van der Waals surface area contributed by atoms with E-state index in [1.165, 1.54) is 116 Å². The molecule has 2 atom stereocenters. The molecule has 0 aliphatic carbocycles. The maximum atomic E-state index is 12.4. The van der Waals surface area contributed by atoms with Crippen LogP contribution < -0.4 is 5.32 Å². The Morgan fingerprint density at radius 2 is 0.981 bits per heavy atom. The molecule has 0 rings (SSSR count). The third kappa shape index (κ3) is 39.8. The number of carbonyl (C=O) groups is 2. The van der Waals surface area contributed by atoms with Gasteiger partial charge in [0, 0.05) is 12.8 Å². The summed E-state index contributed by atoms with van der Waals surface area (Å²) in [5, 5.41) is 23.1. The first-order chi connectivity index (χ1) is 26.5. The van der Waals surface area contributed by atoms with E-state index in [1.807, 2.05) is 0 Å². The summed E-state index contributed by atoms with van der Waals surface area (Å²) in [5.41, 5.74) is 0. The minimum absolute atomic E-state index is 0.0517. The second-order valence-electron chi connectivity index (χ2n) is 15.7. The fraction of sp³-hybridized carbons (Fsp3) is 0.833. The number of carbonyl (C=O) groups excluding carboxylic acids is 2. The molecule has 316 valence electrons. The molecule has 0 saturated heterocycles. The Balaban J connectivity index is 3.58. The molecule has 54 heavy (non-hydrogen) atoms. The lowest BCUT2D eigenvalue weighted by Crippen LogP contribution is -2.45. The highest BCUT2D eigenvalue weighted by Gasteiger charge is 2.19. The van der Waals surface area contributed by atoms with Crippen LogP contribution in [0.5, 0.6) is 0 Å². The number of hydrogen-bond donors (Lipinski definition) is 3. The van der Waals surface area contributed by atoms with Gasteiger partial charge in [-0.05, 0) is 70.6 Å². The number of amides is 1. The molecule has 0 aromatic rings. The van der Waals surface area contributed by atoms with Gasteiger partial charge in [-0.1, -0.05) is 185 Å². The molecule has 1 amide bonds. The van der Waals surface area contributed by atoms with Gasteiger partial charge in [-0.25, -0.2) is 0 Å². The van der Waals surface area contributed by atoms with Crippen molar-refractivity contribution in [3.05, 3.63) is 36.5 Å². The number of unbranched alkanes of at least 4 members (excludes halogenated alkanes) is 25. The molecule has 3 N–H and O–H groups in total.